The summed E-state index contributed by atoms with van der Waals surface area (Å²) < 4.78 is 0.801. The first-order chi connectivity index (χ1) is 10.1. The molecule has 106 valence electrons. The zero-order valence-corrected chi connectivity index (χ0v) is 12.9. The molecule has 0 aliphatic rings. The lowest BCUT2D eigenvalue weighted by Gasteiger charge is -2.08. The molecule has 0 saturated heterocycles. The van der Waals surface area contributed by atoms with Crippen molar-refractivity contribution in [2.45, 2.75) is 6.42 Å². The predicted molar refractivity (Wildman–Crippen MR) is 86.0 cm³/mol. The highest BCUT2D eigenvalue weighted by Gasteiger charge is 2.09. The Bertz CT molecular complexity index is 690. The van der Waals surface area contributed by atoms with Gasteiger partial charge in [0.2, 0.25) is 0 Å². The van der Waals surface area contributed by atoms with Gasteiger partial charge in [-0.25, -0.2) is 0 Å². The van der Waals surface area contributed by atoms with Crippen molar-refractivity contribution in [1.29, 1.82) is 5.26 Å². The molecule has 21 heavy (non-hydrogen) atoms. The summed E-state index contributed by atoms with van der Waals surface area (Å²) >= 11 is 3.33. The van der Waals surface area contributed by atoms with Crippen molar-refractivity contribution < 1.29 is 4.79 Å². The number of amides is 1. The van der Waals surface area contributed by atoms with Crippen molar-refractivity contribution in [2.75, 3.05) is 11.9 Å². The van der Waals surface area contributed by atoms with E-state index in [0.717, 1.165) is 16.5 Å². The Kier molecular flexibility index (Phi) is 5.09. The summed E-state index contributed by atoms with van der Waals surface area (Å²) in [7, 11) is 0. The van der Waals surface area contributed by atoms with Gasteiger partial charge in [0.1, 0.15) is 6.07 Å². The first-order valence-electron chi connectivity index (χ1n) is 6.44. The van der Waals surface area contributed by atoms with E-state index in [1.807, 2.05) is 12.1 Å². The fourth-order valence-electron chi connectivity index (χ4n) is 1.90. The van der Waals surface area contributed by atoms with Gasteiger partial charge < -0.3 is 11.1 Å². The maximum absolute atomic E-state index is 12.2. The topological polar surface area (TPSA) is 78.9 Å². The molecular formula is C16H14BrN3O. The van der Waals surface area contributed by atoms with Crippen molar-refractivity contribution in [3.8, 4) is 6.07 Å². The molecule has 2 rings (SSSR count). The minimum absolute atomic E-state index is 0.246. The van der Waals surface area contributed by atoms with E-state index in [4.69, 9.17) is 11.0 Å². The average Bonchev–Trinajstić information content (AvgIpc) is 2.48. The smallest absolute Gasteiger partial charge is 0.255 e. The van der Waals surface area contributed by atoms with Gasteiger partial charge in [-0.05, 0) is 48.9 Å². The predicted octanol–water partition coefficient (Wildman–Crippen LogP) is 3.07. The highest BCUT2D eigenvalue weighted by molar-refractivity contribution is 9.10. The largest absolute Gasteiger partial charge is 0.330 e. The third-order valence-electron chi connectivity index (χ3n) is 3.00. The number of nitriles is 1. The quantitative estimate of drug-likeness (QED) is 0.895. The van der Waals surface area contributed by atoms with Gasteiger partial charge in [-0.1, -0.05) is 28.1 Å². The second-order valence-electron chi connectivity index (χ2n) is 4.49. The third kappa shape index (κ3) is 3.91. The lowest BCUT2D eigenvalue weighted by molar-refractivity contribution is 0.102. The van der Waals surface area contributed by atoms with E-state index < -0.39 is 0 Å². The standard InChI is InChI=1S/C16H14BrN3O/c17-14-6-5-13(10-19)15(9-14)20-16(21)12-3-1-11(2-4-12)7-8-18/h1-6,9H,7-8,18H2,(H,20,21). The van der Waals surface area contributed by atoms with Crippen LogP contribution in [0.3, 0.4) is 0 Å². The molecule has 0 aliphatic carbocycles. The van der Waals surface area contributed by atoms with Crippen molar-refractivity contribution in [3.63, 3.8) is 0 Å². The van der Waals surface area contributed by atoms with Crippen LogP contribution in [0.4, 0.5) is 5.69 Å². The Morgan fingerprint density at radius 1 is 1.24 bits per heavy atom. The molecule has 2 aromatic rings. The van der Waals surface area contributed by atoms with Gasteiger partial charge in [-0.15, -0.1) is 0 Å². The summed E-state index contributed by atoms with van der Waals surface area (Å²) in [6.45, 7) is 0.578. The Balaban J connectivity index is 2.18. The van der Waals surface area contributed by atoms with Crippen molar-refractivity contribution >= 4 is 27.5 Å². The minimum Gasteiger partial charge on any atom is -0.330 e. The van der Waals surface area contributed by atoms with Gasteiger partial charge in [0.05, 0.1) is 11.3 Å². The van der Waals surface area contributed by atoms with Crippen LogP contribution < -0.4 is 11.1 Å². The third-order valence-corrected chi connectivity index (χ3v) is 3.49. The highest BCUT2D eigenvalue weighted by atomic mass is 79.9. The number of hydrogen-bond acceptors (Lipinski definition) is 3. The van der Waals surface area contributed by atoms with Gasteiger partial charge in [-0.2, -0.15) is 5.26 Å². The van der Waals surface area contributed by atoms with E-state index in [1.54, 1.807) is 30.3 Å². The number of anilines is 1. The number of benzene rings is 2. The number of halogens is 1. The van der Waals surface area contributed by atoms with Crippen LogP contribution in [-0.4, -0.2) is 12.5 Å². The minimum atomic E-state index is -0.246. The van der Waals surface area contributed by atoms with Gasteiger partial charge in [0, 0.05) is 10.0 Å². The molecule has 0 bridgehead atoms. The molecule has 0 spiro atoms. The monoisotopic (exact) mass is 343 g/mol. The molecule has 3 N–H and O–H groups in total. The molecule has 0 unspecified atom stereocenters. The molecule has 2 aromatic carbocycles. The first kappa shape index (κ1) is 15.2. The summed E-state index contributed by atoms with van der Waals surface area (Å²) in [5.74, 6) is -0.246. The molecule has 0 aliphatic heterocycles. The molecule has 1 amide bonds. The summed E-state index contributed by atoms with van der Waals surface area (Å²) in [6.07, 6.45) is 0.784. The Hall–Kier alpha value is -2.16. The number of rotatable bonds is 4. The van der Waals surface area contributed by atoms with Crippen LogP contribution in [0, 0.1) is 11.3 Å². The molecule has 4 nitrogen and oxygen atoms in total. The molecule has 0 atom stereocenters. The van der Waals surface area contributed by atoms with E-state index in [9.17, 15) is 4.79 Å². The van der Waals surface area contributed by atoms with E-state index >= 15 is 0 Å². The Labute approximate surface area is 131 Å². The van der Waals surface area contributed by atoms with Gasteiger partial charge in [0.25, 0.3) is 5.91 Å². The molecule has 0 fully saturated rings. The average molecular weight is 344 g/mol. The second-order valence-corrected chi connectivity index (χ2v) is 5.41. The molecule has 0 heterocycles. The van der Waals surface area contributed by atoms with E-state index in [2.05, 4.69) is 27.3 Å². The van der Waals surface area contributed by atoms with Crippen LogP contribution in [0.5, 0.6) is 0 Å². The lowest BCUT2D eigenvalue weighted by Crippen LogP contribution is -2.13. The van der Waals surface area contributed by atoms with Crippen molar-refractivity contribution in [1.82, 2.24) is 0 Å². The van der Waals surface area contributed by atoms with E-state index in [-0.39, 0.29) is 5.91 Å². The van der Waals surface area contributed by atoms with Crippen LogP contribution >= 0.6 is 15.9 Å². The zero-order valence-electron chi connectivity index (χ0n) is 11.3. The number of nitrogens with zero attached hydrogens (tertiary/aromatic N) is 1. The maximum atomic E-state index is 12.2. The van der Waals surface area contributed by atoms with Gasteiger partial charge in [0.15, 0.2) is 0 Å². The van der Waals surface area contributed by atoms with E-state index in [0.29, 0.717) is 23.4 Å². The fraction of sp³-hybridized carbons (Fsp3) is 0.125. The van der Waals surface area contributed by atoms with E-state index in [1.165, 1.54) is 0 Å². The zero-order chi connectivity index (χ0) is 15.2. The van der Waals surface area contributed by atoms with Crippen LogP contribution in [0.25, 0.3) is 0 Å². The first-order valence-corrected chi connectivity index (χ1v) is 7.23. The number of nitrogens with one attached hydrogen (secondary N) is 1. The number of carbonyl (C=O) groups is 1. The maximum Gasteiger partial charge on any atom is 0.255 e. The molecule has 0 saturated carbocycles. The number of carbonyl (C=O) groups excluding carboxylic acids is 1. The fourth-order valence-corrected chi connectivity index (χ4v) is 2.26. The summed E-state index contributed by atoms with van der Waals surface area (Å²) in [6, 6.07) is 14.5. The summed E-state index contributed by atoms with van der Waals surface area (Å²) in [5, 5.41) is 11.8. The Morgan fingerprint density at radius 3 is 2.57 bits per heavy atom. The Morgan fingerprint density at radius 2 is 1.95 bits per heavy atom. The number of hydrogen-bond donors (Lipinski definition) is 2. The van der Waals surface area contributed by atoms with Crippen LogP contribution in [0.2, 0.25) is 0 Å². The second kappa shape index (κ2) is 7.02. The van der Waals surface area contributed by atoms with Crippen molar-refractivity contribution in [3.05, 3.63) is 63.6 Å². The molecule has 0 aromatic heterocycles. The van der Waals surface area contributed by atoms with Crippen LogP contribution in [0.1, 0.15) is 21.5 Å². The van der Waals surface area contributed by atoms with Crippen molar-refractivity contribution in [2.24, 2.45) is 5.73 Å². The summed E-state index contributed by atoms with van der Waals surface area (Å²) in [5.41, 5.74) is 8.04. The summed E-state index contributed by atoms with van der Waals surface area (Å²) in [4.78, 5) is 12.2. The molecular weight excluding hydrogens is 330 g/mol. The normalized spacial score (nSPS) is 9.95. The molecule has 5 heteroatoms. The highest BCUT2D eigenvalue weighted by Crippen LogP contribution is 2.21. The number of nitrogens with two attached hydrogens (primary N) is 1. The van der Waals surface area contributed by atoms with Gasteiger partial charge in [-0.3, -0.25) is 4.79 Å². The lowest BCUT2D eigenvalue weighted by atomic mass is 10.1. The van der Waals surface area contributed by atoms with Crippen LogP contribution in [0.15, 0.2) is 46.9 Å². The molecule has 0 radical (unpaired) electrons. The van der Waals surface area contributed by atoms with Crippen LogP contribution in [-0.2, 0) is 6.42 Å². The SMILES string of the molecule is N#Cc1ccc(Br)cc1NC(=O)c1ccc(CCN)cc1. The van der Waals surface area contributed by atoms with Gasteiger partial charge >= 0.3 is 0 Å².